The van der Waals surface area contributed by atoms with Gasteiger partial charge in [-0.25, -0.2) is 9.78 Å². The van der Waals surface area contributed by atoms with Crippen molar-refractivity contribution in [1.29, 1.82) is 0 Å². The van der Waals surface area contributed by atoms with Crippen molar-refractivity contribution in [2.75, 3.05) is 6.61 Å². The van der Waals surface area contributed by atoms with E-state index in [0.29, 0.717) is 12.4 Å². The maximum Gasteiger partial charge on any atom is 0.308 e. The summed E-state index contributed by atoms with van der Waals surface area (Å²) in [6.45, 7) is 1.86. The highest BCUT2D eigenvalue weighted by atomic mass is 17.2. The van der Waals surface area contributed by atoms with Crippen LogP contribution in [0.4, 0.5) is 0 Å². The molecular weight excluding hydrogens is 232 g/mol. The summed E-state index contributed by atoms with van der Waals surface area (Å²) >= 11 is 0. The lowest BCUT2D eigenvalue weighted by Crippen LogP contribution is -2.23. The average Bonchev–Trinajstić information content (AvgIpc) is 2.29. The van der Waals surface area contributed by atoms with Crippen molar-refractivity contribution in [3.05, 3.63) is 42.0 Å². The van der Waals surface area contributed by atoms with Gasteiger partial charge in [0, 0.05) is 12.5 Å². The van der Waals surface area contributed by atoms with E-state index in [0.717, 1.165) is 16.3 Å². The molecule has 1 saturated heterocycles. The molecule has 1 unspecified atom stereocenters. The Morgan fingerprint density at radius 3 is 2.72 bits per heavy atom. The van der Waals surface area contributed by atoms with Crippen molar-refractivity contribution in [2.24, 2.45) is 0 Å². The topological polar surface area (TPSA) is 44.8 Å². The maximum absolute atomic E-state index is 11.1. The van der Waals surface area contributed by atoms with Gasteiger partial charge < -0.3 is 4.74 Å². The summed E-state index contributed by atoms with van der Waals surface area (Å²) in [5.41, 5.74) is 0.870. The molecule has 4 heteroatoms. The molecule has 3 rings (SSSR count). The highest BCUT2D eigenvalue weighted by Gasteiger charge is 2.28. The summed E-state index contributed by atoms with van der Waals surface area (Å²) in [6.07, 6.45) is -0.176. The zero-order chi connectivity index (χ0) is 12.5. The van der Waals surface area contributed by atoms with E-state index in [1.165, 1.54) is 6.92 Å². The molecule has 1 fully saturated rings. The molecule has 0 aromatic heterocycles. The fourth-order valence-electron chi connectivity index (χ4n) is 2.12. The fraction of sp³-hybridized carbons (Fsp3) is 0.214. The van der Waals surface area contributed by atoms with E-state index in [2.05, 4.69) is 0 Å². The molecule has 4 nitrogen and oxygen atoms in total. The van der Waals surface area contributed by atoms with Crippen molar-refractivity contribution in [2.45, 2.75) is 13.0 Å². The summed E-state index contributed by atoms with van der Waals surface area (Å²) in [7, 11) is 0. The zero-order valence-corrected chi connectivity index (χ0v) is 9.88. The van der Waals surface area contributed by atoms with Gasteiger partial charge in [-0.05, 0) is 16.8 Å². The minimum absolute atomic E-state index is 0.176. The number of carbonyl (C=O) groups is 1. The lowest BCUT2D eigenvalue weighted by molar-refractivity contribution is -0.429. The Balaban J connectivity index is 2.18. The molecule has 0 amide bonds. The van der Waals surface area contributed by atoms with Crippen LogP contribution in [0.15, 0.2) is 36.4 Å². The normalized spacial score (nSPS) is 18.4. The van der Waals surface area contributed by atoms with E-state index in [4.69, 9.17) is 14.5 Å². The Hall–Kier alpha value is -1.91. The maximum atomic E-state index is 11.1. The van der Waals surface area contributed by atoms with E-state index < -0.39 is 0 Å². The molecule has 0 N–H and O–H groups in total. The highest BCUT2D eigenvalue weighted by Crippen LogP contribution is 2.38. The average molecular weight is 244 g/mol. The van der Waals surface area contributed by atoms with Crippen molar-refractivity contribution >= 4 is 16.7 Å². The van der Waals surface area contributed by atoms with Crippen LogP contribution in [0.2, 0.25) is 0 Å². The minimum Gasteiger partial charge on any atom is -0.426 e. The predicted octanol–water partition coefficient (Wildman–Crippen LogP) is 2.77. The van der Waals surface area contributed by atoms with Crippen molar-refractivity contribution < 1.29 is 19.3 Å². The Labute approximate surface area is 104 Å². The molecule has 2 aromatic carbocycles. The Morgan fingerprint density at radius 1 is 1.28 bits per heavy atom. The van der Waals surface area contributed by atoms with Crippen LogP contribution in [-0.4, -0.2) is 12.6 Å². The monoisotopic (exact) mass is 244 g/mol. The van der Waals surface area contributed by atoms with Crippen LogP contribution in [-0.2, 0) is 14.6 Å². The minimum atomic E-state index is -0.341. The van der Waals surface area contributed by atoms with Gasteiger partial charge in [-0.3, -0.25) is 4.79 Å². The van der Waals surface area contributed by atoms with Gasteiger partial charge in [-0.2, -0.15) is 0 Å². The van der Waals surface area contributed by atoms with Gasteiger partial charge in [-0.1, -0.05) is 30.3 Å². The summed E-state index contributed by atoms with van der Waals surface area (Å²) in [6, 6.07) is 11.6. The second-order valence-corrected chi connectivity index (χ2v) is 4.16. The molecule has 0 saturated carbocycles. The summed E-state index contributed by atoms with van der Waals surface area (Å²) in [5.74, 6) is 0.196. The number of rotatable bonds is 2. The summed E-state index contributed by atoms with van der Waals surface area (Å²) in [5, 5.41) is 2.10. The molecule has 1 heterocycles. The SMILES string of the molecule is CC(=O)Oc1ccc2ccccc2c1C1COO1. The highest BCUT2D eigenvalue weighted by molar-refractivity contribution is 5.89. The predicted molar refractivity (Wildman–Crippen MR) is 65.0 cm³/mol. The quantitative estimate of drug-likeness (QED) is 0.463. The third-order valence-corrected chi connectivity index (χ3v) is 2.91. The smallest absolute Gasteiger partial charge is 0.308 e. The van der Waals surface area contributed by atoms with Crippen LogP contribution in [0.1, 0.15) is 18.6 Å². The molecule has 0 spiro atoms. The largest absolute Gasteiger partial charge is 0.426 e. The number of ether oxygens (including phenoxy) is 1. The molecule has 0 aliphatic carbocycles. The molecule has 2 aromatic rings. The molecule has 18 heavy (non-hydrogen) atoms. The lowest BCUT2D eigenvalue weighted by atomic mass is 9.99. The van der Waals surface area contributed by atoms with Crippen LogP contribution < -0.4 is 4.74 Å². The standard InChI is InChI=1S/C14H12O4/c1-9(15)17-12-7-6-10-4-2-3-5-11(10)14(12)13-8-16-18-13/h2-7,13H,8H2,1H3. The molecule has 1 aliphatic rings. The van der Waals surface area contributed by atoms with E-state index >= 15 is 0 Å². The Bertz CT molecular complexity index is 602. The molecule has 0 bridgehead atoms. The summed E-state index contributed by atoms with van der Waals surface area (Å²) < 4.78 is 5.24. The van der Waals surface area contributed by atoms with Crippen molar-refractivity contribution in [3.8, 4) is 5.75 Å². The van der Waals surface area contributed by atoms with E-state index in [-0.39, 0.29) is 12.1 Å². The number of hydrogen-bond acceptors (Lipinski definition) is 4. The van der Waals surface area contributed by atoms with Crippen LogP contribution in [0, 0.1) is 0 Å². The third-order valence-electron chi connectivity index (χ3n) is 2.91. The molecule has 1 atom stereocenters. The van der Waals surface area contributed by atoms with E-state index in [9.17, 15) is 4.79 Å². The van der Waals surface area contributed by atoms with E-state index in [1.807, 2.05) is 30.3 Å². The zero-order valence-electron chi connectivity index (χ0n) is 9.88. The number of fused-ring (bicyclic) bond motifs is 1. The fourth-order valence-corrected chi connectivity index (χ4v) is 2.12. The van der Waals surface area contributed by atoms with Gasteiger partial charge in [0.15, 0.2) is 0 Å². The Kier molecular flexibility index (Phi) is 2.74. The van der Waals surface area contributed by atoms with Crippen LogP contribution in [0.5, 0.6) is 5.75 Å². The van der Waals surface area contributed by atoms with Gasteiger partial charge in [-0.15, -0.1) is 0 Å². The van der Waals surface area contributed by atoms with E-state index in [1.54, 1.807) is 6.07 Å². The number of carbonyl (C=O) groups excluding carboxylic acids is 1. The molecule has 0 radical (unpaired) electrons. The molecule has 92 valence electrons. The van der Waals surface area contributed by atoms with Crippen LogP contribution >= 0.6 is 0 Å². The van der Waals surface area contributed by atoms with Crippen molar-refractivity contribution in [1.82, 2.24) is 0 Å². The van der Waals surface area contributed by atoms with Crippen molar-refractivity contribution in [3.63, 3.8) is 0 Å². The first kappa shape index (κ1) is 11.2. The molecular formula is C14H12O4. The molecule has 1 aliphatic heterocycles. The number of esters is 1. The lowest BCUT2D eigenvalue weighted by Gasteiger charge is -2.27. The second-order valence-electron chi connectivity index (χ2n) is 4.16. The first-order chi connectivity index (χ1) is 8.75. The number of benzene rings is 2. The third kappa shape index (κ3) is 1.85. The first-order valence-corrected chi connectivity index (χ1v) is 5.74. The van der Waals surface area contributed by atoms with Gasteiger partial charge in [0.2, 0.25) is 0 Å². The van der Waals surface area contributed by atoms with Gasteiger partial charge in [0.05, 0.1) is 0 Å². The Morgan fingerprint density at radius 2 is 2.06 bits per heavy atom. The number of hydrogen-bond donors (Lipinski definition) is 0. The van der Waals surface area contributed by atoms with Gasteiger partial charge in [0.25, 0.3) is 0 Å². The second kappa shape index (κ2) is 4.40. The van der Waals surface area contributed by atoms with Crippen LogP contribution in [0.25, 0.3) is 10.8 Å². The summed E-state index contributed by atoms with van der Waals surface area (Å²) in [4.78, 5) is 20.9. The van der Waals surface area contributed by atoms with Gasteiger partial charge in [0.1, 0.15) is 18.5 Å². The van der Waals surface area contributed by atoms with Gasteiger partial charge >= 0.3 is 5.97 Å². The van der Waals surface area contributed by atoms with Crippen LogP contribution in [0.3, 0.4) is 0 Å². The first-order valence-electron chi connectivity index (χ1n) is 5.74.